The maximum Gasteiger partial charge on any atom is 0.119 e. The number of aryl methyl sites for hydroxylation is 2. The number of ether oxygens (including phenoxy) is 1. The fourth-order valence-electron chi connectivity index (χ4n) is 1.58. The van der Waals surface area contributed by atoms with Gasteiger partial charge in [0.2, 0.25) is 0 Å². The van der Waals surface area contributed by atoms with Crippen LogP contribution >= 0.6 is 0 Å². The third kappa shape index (κ3) is 4.64. The molecular weight excluding hydrogens is 202 g/mol. The van der Waals surface area contributed by atoms with Gasteiger partial charge in [-0.05, 0) is 43.7 Å². The van der Waals surface area contributed by atoms with Crippen LogP contribution in [0, 0.1) is 13.8 Å². The lowest BCUT2D eigenvalue weighted by Gasteiger charge is -2.13. The van der Waals surface area contributed by atoms with Crippen LogP contribution in [0.15, 0.2) is 18.2 Å². The predicted molar refractivity (Wildman–Crippen MR) is 66.0 cm³/mol. The molecule has 1 aromatic carbocycles. The van der Waals surface area contributed by atoms with Crippen molar-refractivity contribution in [3.8, 4) is 5.75 Å². The van der Waals surface area contributed by atoms with E-state index in [1.807, 2.05) is 32.9 Å². The van der Waals surface area contributed by atoms with Crippen LogP contribution in [0.25, 0.3) is 0 Å². The van der Waals surface area contributed by atoms with Gasteiger partial charge < -0.3 is 15.2 Å². The highest BCUT2D eigenvalue weighted by atomic mass is 16.5. The first-order valence-corrected chi connectivity index (χ1v) is 5.71. The van der Waals surface area contributed by atoms with E-state index in [1.54, 1.807) is 0 Å². The van der Waals surface area contributed by atoms with Gasteiger partial charge in [0.1, 0.15) is 18.5 Å². The molecule has 0 fully saturated rings. The summed E-state index contributed by atoms with van der Waals surface area (Å²) in [6, 6.07) is 6.06. The molecule has 0 heterocycles. The maximum atomic E-state index is 9.59. The van der Waals surface area contributed by atoms with Crippen LogP contribution in [0.3, 0.4) is 0 Å². The van der Waals surface area contributed by atoms with Gasteiger partial charge in [0, 0.05) is 6.54 Å². The first-order valence-electron chi connectivity index (χ1n) is 5.71. The Morgan fingerprint density at radius 1 is 1.25 bits per heavy atom. The van der Waals surface area contributed by atoms with E-state index in [9.17, 15) is 5.11 Å². The van der Waals surface area contributed by atoms with Gasteiger partial charge in [0.05, 0.1) is 0 Å². The summed E-state index contributed by atoms with van der Waals surface area (Å²) in [6.45, 7) is 7.85. The number of likely N-dealkylation sites (N-methyl/N-ethyl adjacent to an activating group) is 1. The molecule has 0 spiro atoms. The van der Waals surface area contributed by atoms with Gasteiger partial charge in [0.25, 0.3) is 0 Å². The zero-order chi connectivity index (χ0) is 12.0. The van der Waals surface area contributed by atoms with Crippen LogP contribution in [0.4, 0.5) is 0 Å². The number of hydrogen-bond donors (Lipinski definition) is 2. The zero-order valence-corrected chi connectivity index (χ0v) is 10.3. The Balaban J connectivity index is 2.41. The third-order valence-corrected chi connectivity index (χ3v) is 2.27. The van der Waals surface area contributed by atoms with Crippen molar-refractivity contribution in [2.75, 3.05) is 19.7 Å². The summed E-state index contributed by atoms with van der Waals surface area (Å²) < 4.78 is 5.54. The largest absolute Gasteiger partial charge is 0.491 e. The number of benzene rings is 1. The summed E-state index contributed by atoms with van der Waals surface area (Å²) in [7, 11) is 0. The minimum atomic E-state index is -0.458. The van der Waals surface area contributed by atoms with Crippen molar-refractivity contribution in [1.82, 2.24) is 5.32 Å². The molecule has 0 aliphatic heterocycles. The van der Waals surface area contributed by atoms with E-state index < -0.39 is 6.10 Å². The molecule has 1 unspecified atom stereocenters. The Bertz CT molecular complexity index is 305. The Hall–Kier alpha value is -1.06. The molecule has 1 rings (SSSR count). The van der Waals surface area contributed by atoms with Crippen molar-refractivity contribution in [3.63, 3.8) is 0 Å². The summed E-state index contributed by atoms with van der Waals surface area (Å²) in [6.07, 6.45) is -0.458. The van der Waals surface area contributed by atoms with E-state index in [4.69, 9.17) is 4.74 Å². The van der Waals surface area contributed by atoms with E-state index >= 15 is 0 Å². The van der Waals surface area contributed by atoms with Gasteiger partial charge in [-0.2, -0.15) is 0 Å². The second-order valence-corrected chi connectivity index (χ2v) is 4.10. The first-order chi connectivity index (χ1) is 7.61. The third-order valence-electron chi connectivity index (χ3n) is 2.27. The van der Waals surface area contributed by atoms with Crippen molar-refractivity contribution < 1.29 is 9.84 Å². The number of nitrogens with one attached hydrogen (secondary N) is 1. The minimum Gasteiger partial charge on any atom is -0.491 e. The summed E-state index contributed by atoms with van der Waals surface area (Å²) in [5.74, 6) is 0.827. The number of hydrogen-bond acceptors (Lipinski definition) is 3. The average Bonchev–Trinajstić information content (AvgIpc) is 2.22. The van der Waals surface area contributed by atoms with Crippen molar-refractivity contribution in [2.45, 2.75) is 26.9 Å². The van der Waals surface area contributed by atoms with Gasteiger partial charge in [-0.25, -0.2) is 0 Å². The van der Waals surface area contributed by atoms with Crippen LogP contribution in [-0.2, 0) is 0 Å². The van der Waals surface area contributed by atoms with Crippen molar-refractivity contribution in [3.05, 3.63) is 29.3 Å². The molecule has 0 aliphatic carbocycles. The van der Waals surface area contributed by atoms with Crippen LogP contribution in [0.2, 0.25) is 0 Å². The fourth-order valence-corrected chi connectivity index (χ4v) is 1.58. The molecule has 0 bridgehead atoms. The summed E-state index contributed by atoms with van der Waals surface area (Å²) in [4.78, 5) is 0. The molecule has 90 valence electrons. The van der Waals surface area contributed by atoms with Crippen LogP contribution in [0.5, 0.6) is 5.75 Å². The van der Waals surface area contributed by atoms with Gasteiger partial charge in [-0.15, -0.1) is 0 Å². The summed E-state index contributed by atoms with van der Waals surface area (Å²) >= 11 is 0. The number of aliphatic hydroxyl groups excluding tert-OH is 1. The molecule has 3 nitrogen and oxygen atoms in total. The zero-order valence-electron chi connectivity index (χ0n) is 10.3. The minimum absolute atomic E-state index is 0.329. The molecule has 0 radical (unpaired) electrons. The molecule has 0 aromatic heterocycles. The van der Waals surface area contributed by atoms with Crippen molar-refractivity contribution in [1.29, 1.82) is 0 Å². The molecule has 0 amide bonds. The standard InChI is InChI=1S/C13H21NO2/c1-4-14-8-12(15)9-16-13-6-10(2)5-11(3)7-13/h5-7,12,14-15H,4,8-9H2,1-3H3. The topological polar surface area (TPSA) is 41.5 Å². The highest BCUT2D eigenvalue weighted by molar-refractivity contribution is 5.32. The molecule has 2 N–H and O–H groups in total. The molecule has 16 heavy (non-hydrogen) atoms. The highest BCUT2D eigenvalue weighted by Crippen LogP contribution is 2.16. The molecule has 1 atom stereocenters. The average molecular weight is 223 g/mol. The second-order valence-electron chi connectivity index (χ2n) is 4.10. The SMILES string of the molecule is CCNCC(O)COc1cc(C)cc(C)c1. The summed E-state index contributed by atoms with van der Waals surface area (Å²) in [5.41, 5.74) is 2.35. The number of aliphatic hydroxyl groups is 1. The lowest BCUT2D eigenvalue weighted by atomic mass is 10.1. The maximum absolute atomic E-state index is 9.59. The highest BCUT2D eigenvalue weighted by Gasteiger charge is 2.04. The normalized spacial score (nSPS) is 12.5. The van der Waals surface area contributed by atoms with E-state index in [2.05, 4.69) is 11.4 Å². The molecular formula is C13H21NO2. The molecule has 1 aromatic rings. The Kier molecular flexibility index (Phi) is 5.29. The van der Waals surface area contributed by atoms with Crippen molar-refractivity contribution >= 4 is 0 Å². The number of rotatable bonds is 6. The van der Waals surface area contributed by atoms with Gasteiger partial charge >= 0.3 is 0 Å². The van der Waals surface area contributed by atoms with Crippen LogP contribution in [-0.4, -0.2) is 30.9 Å². The van der Waals surface area contributed by atoms with Crippen molar-refractivity contribution in [2.24, 2.45) is 0 Å². The fraction of sp³-hybridized carbons (Fsp3) is 0.538. The lowest BCUT2D eigenvalue weighted by Crippen LogP contribution is -2.31. The van der Waals surface area contributed by atoms with Gasteiger partial charge in [-0.3, -0.25) is 0 Å². The quantitative estimate of drug-likeness (QED) is 0.770. The lowest BCUT2D eigenvalue weighted by molar-refractivity contribution is 0.107. The Morgan fingerprint density at radius 3 is 2.44 bits per heavy atom. The van der Waals surface area contributed by atoms with Crippen LogP contribution < -0.4 is 10.1 Å². The van der Waals surface area contributed by atoms with Gasteiger partial charge in [-0.1, -0.05) is 13.0 Å². The summed E-state index contributed by atoms with van der Waals surface area (Å²) in [5, 5.41) is 12.7. The Morgan fingerprint density at radius 2 is 1.88 bits per heavy atom. The van der Waals surface area contributed by atoms with E-state index in [0.717, 1.165) is 12.3 Å². The van der Waals surface area contributed by atoms with E-state index in [0.29, 0.717) is 13.2 Å². The first kappa shape index (κ1) is 13.0. The van der Waals surface area contributed by atoms with Crippen LogP contribution in [0.1, 0.15) is 18.1 Å². The molecule has 0 aliphatic rings. The predicted octanol–water partition coefficient (Wildman–Crippen LogP) is 1.65. The Labute approximate surface area is 97.4 Å². The molecule has 3 heteroatoms. The van der Waals surface area contributed by atoms with E-state index in [1.165, 1.54) is 11.1 Å². The van der Waals surface area contributed by atoms with E-state index in [-0.39, 0.29) is 0 Å². The second kappa shape index (κ2) is 6.51. The molecule has 0 saturated heterocycles. The molecule has 0 saturated carbocycles. The monoisotopic (exact) mass is 223 g/mol. The smallest absolute Gasteiger partial charge is 0.119 e. The van der Waals surface area contributed by atoms with Gasteiger partial charge in [0.15, 0.2) is 0 Å².